The first-order valence-corrected chi connectivity index (χ1v) is 8.23. The maximum atomic E-state index is 12.0. The van der Waals surface area contributed by atoms with E-state index in [-0.39, 0.29) is 17.0 Å². The van der Waals surface area contributed by atoms with Crippen LogP contribution in [0.5, 0.6) is 5.75 Å². The van der Waals surface area contributed by atoms with E-state index in [4.69, 9.17) is 21.1 Å². The van der Waals surface area contributed by atoms with Gasteiger partial charge in [0.2, 0.25) is 0 Å². The monoisotopic (exact) mass is 442 g/mol. The molecular weight excluding hydrogens is 432 g/mol. The Labute approximate surface area is 161 Å². The van der Waals surface area contributed by atoms with Gasteiger partial charge in [-0.2, -0.15) is 0 Å². The van der Waals surface area contributed by atoms with Crippen LogP contribution < -0.4 is 10.1 Å². The highest BCUT2D eigenvalue weighted by molar-refractivity contribution is 9.10. The van der Waals surface area contributed by atoms with Crippen LogP contribution in [0.1, 0.15) is 10.4 Å². The Hall–Kier alpha value is -2.65. The van der Waals surface area contributed by atoms with Crippen molar-refractivity contribution in [1.82, 2.24) is 0 Å². The maximum absolute atomic E-state index is 12.0. The first-order valence-electron chi connectivity index (χ1n) is 7.06. The number of nitro benzene ring substituents is 1. The molecule has 2 aromatic rings. The molecule has 1 N–H and O–H groups in total. The number of rotatable bonds is 6. The number of hydrogen-bond acceptors (Lipinski definition) is 6. The molecule has 2 aromatic carbocycles. The molecule has 0 aliphatic heterocycles. The molecule has 0 fully saturated rings. The normalized spacial score (nSPS) is 10.1. The van der Waals surface area contributed by atoms with Crippen molar-refractivity contribution in [3.63, 3.8) is 0 Å². The number of benzene rings is 2. The zero-order valence-corrected chi connectivity index (χ0v) is 15.7. The Morgan fingerprint density at radius 1 is 1.27 bits per heavy atom. The fourth-order valence-corrected chi connectivity index (χ4v) is 2.67. The number of halogens is 2. The molecule has 0 aliphatic rings. The van der Waals surface area contributed by atoms with Gasteiger partial charge in [0.1, 0.15) is 0 Å². The van der Waals surface area contributed by atoms with Crippen LogP contribution in [0.4, 0.5) is 11.4 Å². The van der Waals surface area contributed by atoms with Crippen molar-refractivity contribution in [2.75, 3.05) is 19.0 Å². The van der Waals surface area contributed by atoms with Crippen LogP contribution >= 0.6 is 27.5 Å². The predicted octanol–water partition coefficient (Wildman–Crippen LogP) is 3.81. The molecule has 0 aromatic heterocycles. The zero-order valence-electron chi connectivity index (χ0n) is 13.3. The number of methoxy groups -OCH3 is 1. The van der Waals surface area contributed by atoms with E-state index in [1.807, 2.05) is 0 Å². The highest BCUT2D eigenvalue weighted by atomic mass is 79.9. The molecule has 0 atom stereocenters. The number of carbonyl (C=O) groups is 2. The Bertz CT molecular complexity index is 874. The molecule has 0 saturated carbocycles. The Balaban J connectivity index is 2.00. The van der Waals surface area contributed by atoms with E-state index in [1.54, 1.807) is 18.2 Å². The Kier molecular flexibility index (Phi) is 6.53. The van der Waals surface area contributed by atoms with Gasteiger partial charge >= 0.3 is 11.7 Å². The molecule has 0 aliphatic carbocycles. The molecule has 2 rings (SSSR count). The lowest BCUT2D eigenvalue weighted by Crippen LogP contribution is -2.21. The molecule has 0 saturated heterocycles. The first kappa shape index (κ1) is 19.7. The van der Waals surface area contributed by atoms with Crippen molar-refractivity contribution in [2.45, 2.75) is 0 Å². The SMILES string of the molecule is COc1ccc(C(=O)OCC(=O)Nc2ccc(Br)cc2Cl)cc1[N+](=O)[O-]. The number of esters is 1. The summed E-state index contributed by atoms with van der Waals surface area (Å²) in [5.41, 5.74) is -0.101. The third kappa shape index (κ3) is 4.93. The number of nitrogens with zero attached hydrogens (tertiary/aromatic N) is 1. The van der Waals surface area contributed by atoms with Crippen LogP contribution in [0.15, 0.2) is 40.9 Å². The van der Waals surface area contributed by atoms with Gasteiger partial charge in [-0.15, -0.1) is 0 Å². The second-order valence-corrected chi connectivity index (χ2v) is 6.22. The predicted molar refractivity (Wildman–Crippen MR) is 97.7 cm³/mol. The largest absolute Gasteiger partial charge is 0.490 e. The van der Waals surface area contributed by atoms with Crippen LogP contribution in [0, 0.1) is 10.1 Å². The minimum absolute atomic E-state index is 0.00849. The molecule has 10 heteroatoms. The molecule has 8 nitrogen and oxygen atoms in total. The van der Waals surface area contributed by atoms with Crippen LogP contribution in [-0.2, 0) is 9.53 Å². The van der Waals surface area contributed by atoms with Crippen LogP contribution in [-0.4, -0.2) is 30.5 Å². The Morgan fingerprint density at radius 3 is 2.62 bits per heavy atom. The number of amides is 1. The molecular formula is C16H12BrClN2O6. The van der Waals surface area contributed by atoms with Gasteiger partial charge in [0.25, 0.3) is 5.91 Å². The molecule has 136 valence electrons. The van der Waals surface area contributed by atoms with Gasteiger partial charge in [-0.25, -0.2) is 4.79 Å². The Morgan fingerprint density at radius 2 is 2.00 bits per heavy atom. The standard InChI is InChI=1S/C16H12BrClN2O6/c1-25-14-5-2-9(6-13(14)20(23)24)16(22)26-8-15(21)19-12-4-3-10(17)7-11(12)18/h2-7H,8H2,1H3,(H,19,21). The number of anilines is 1. The van der Waals surface area contributed by atoms with Crippen molar-refractivity contribution >= 4 is 50.8 Å². The van der Waals surface area contributed by atoms with E-state index in [2.05, 4.69) is 21.2 Å². The van der Waals surface area contributed by atoms with E-state index in [1.165, 1.54) is 19.2 Å². The van der Waals surface area contributed by atoms with E-state index in [0.29, 0.717) is 10.7 Å². The van der Waals surface area contributed by atoms with Crippen molar-refractivity contribution in [3.05, 3.63) is 61.6 Å². The summed E-state index contributed by atoms with van der Waals surface area (Å²) in [5, 5.41) is 13.8. The molecule has 0 unspecified atom stereocenters. The maximum Gasteiger partial charge on any atom is 0.338 e. The molecule has 0 spiro atoms. The van der Waals surface area contributed by atoms with Gasteiger partial charge in [-0.05, 0) is 30.3 Å². The van der Waals surface area contributed by atoms with Crippen molar-refractivity contribution in [2.24, 2.45) is 0 Å². The lowest BCUT2D eigenvalue weighted by Gasteiger charge is -2.09. The van der Waals surface area contributed by atoms with Gasteiger partial charge in [-0.3, -0.25) is 14.9 Å². The van der Waals surface area contributed by atoms with Crippen LogP contribution in [0.2, 0.25) is 5.02 Å². The van der Waals surface area contributed by atoms with Crippen LogP contribution in [0.3, 0.4) is 0 Å². The summed E-state index contributed by atoms with van der Waals surface area (Å²) >= 11 is 9.22. The topological polar surface area (TPSA) is 108 Å². The summed E-state index contributed by atoms with van der Waals surface area (Å²) in [6, 6.07) is 8.46. The molecule has 0 heterocycles. The molecule has 0 bridgehead atoms. The lowest BCUT2D eigenvalue weighted by molar-refractivity contribution is -0.385. The first-order chi connectivity index (χ1) is 12.3. The summed E-state index contributed by atoms with van der Waals surface area (Å²) in [4.78, 5) is 34.2. The average molecular weight is 444 g/mol. The van der Waals surface area contributed by atoms with E-state index in [9.17, 15) is 19.7 Å². The van der Waals surface area contributed by atoms with E-state index >= 15 is 0 Å². The minimum atomic E-state index is -0.882. The molecule has 0 radical (unpaired) electrons. The zero-order chi connectivity index (χ0) is 19.3. The fraction of sp³-hybridized carbons (Fsp3) is 0.125. The average Bonchev–Trinajstić information content (AvgIpc) is 2.61. The second kappa shape index (κ2) is 8.63. The summed E-state index contributed by atoms with van der Waals surface area (Å²) < 4.78 is 10.5. The molecule has 26 heavy (non-hydrogen) atoms. The third-order valence-electron chi connectivity index (χ3n) is 3.15. The number of nitro groups is 1. The summed E-state index contributed by atoms with van der Waals surface area (Å²) in [5.74, 6) is -1.48. The third-order valence-corrected chi connectivity index (χ3v) is 3.96. The quantitative estimate of drug-likeness (QED) is 0.413. The minimum Gasteiger partial charge on any atom is -0.490 e. The van der Waals surface area contributed by atoms with Gasteiger partial charge in [-0.1, -0.05) is 27.5 Å². The van der Waals surface area contributed by atoms with E-state index in [0.717, 1.165) is 10.5 Å². The fourth-order valence-electron chi connectivity index (χ4n) is 1.95. The van der Waals surface area contributed by atoms with Crippen LogP contribution in [0.25, 0.3) is 0 Å². The van der Waals surface area contributed by atoms with Gasteiger partial charge < -0.3 is 14.8 Å². The van der Waals surface area contributed by atoms with Crippen molar-refractivity contribution in [1.29, 1.82) is 0 Å². The summed E-state index contributed by atoms with van der Waals surface area (Å²) in [6.07, 6.45) is 0. The van der Waals surface area contributed by atoms with E-state index < -0.39 is 23.4 Å². The highest BCUT2D eigenvalue weighted by Crippen LogP contribution is 2.28. The van der Waals surface area contributed by atoms with Gasteiger partial charge in [0, 0.05) is 10.5 Å². The van der Waals surface area contributed by atoms with Gasteiger partial charge in [0.05, 0.1) is 28.3 Å². The highest BCUT2D eigenvalue weighted by Gasteiger charge is 2.19. The number of carbonyl (C=O) groups excluding carboxylic acids is 2. The second-order valence-electron chi connectivity index (χ2n) is 4.89. The smallest absolute Gasteiger partial charge is 0.338 e. The molecule has 1 amide bonds. The van der Waals surface area contributed by atoms with Crippen molar-refractivity contribution in [3.8, 4) is 5.75 Å². The number of hydrogen-bond donors (Lipinski definition) is 1. The summed E-state index contributed by atoms with van der Waals surface area (Å²) in [7, 11) is 1.28. The van der Waals surface area contributed by atoms with Gasteiger partial charge in [0.15, 0.2) is 12.4 Å². The number of nitrogens with one attached hydrogen (secondary N) is 1. The lowest BCUT2D eigenvalue weighted by atomic mass is 10.2. The summed E-state index contributed by atoms with van der Waals surface area (Å²) in [6.45, 7) is -0.578. The van der Waals surface area contributed by atoms with Crippen molar-refractivity contribution < 1.29 is 24.0 Å². The number of ether oxygens (including phenoxy) is 2.